The number of hydrogen-bond acceptors (Lipinski definition) is 8. The van der Waals surface area contributed by atoms with Crippen LogP contribution in [0.3, 0.4) is 0 Å². The van der Waals surface area contributed by atoms with Crippen molar-refractivity contribution in [3.05, 3.63) is 82.9 Å². The molecule has 2 N–H and O–H groups in total. The molecule has 0 bridgehead atoms. The van der Waals surface area contributed by atoms with Crippen LogP contribution in [0.1, 0.15) is 41.5 Å². The molecule has 1 aliphatic rings. The Morgan fingerprint density at radius 3 is 2.68 bits per heavy atom. The number of para-hydroxylation sites is 1. The fourth-order valence-electron chi connectivity index (χ4n) is 4.93. The maximum absolute atomic E-state index is 12.4. The molecule has 0 amide bonds. The fraction of sp³-hybridized carbons (Fsp3) is 0.321. The predicted molar refractivity (Wildman–Crippen MR) is 146 cm³/mol. The number of esters is 1. The number of fused-ring (bicyclic) bond motifs is 2. The molecule has 200 valence electrons. The maximum Gasteiger partial charge on any atom is 0.306 e. The first-order valence-corrected chi connectivity index (χ1v) is 13.9. The number of methoxy groups -OCH3 is 1. The van der Waals surface area contributed by atoms with E-state index in [2.05, 4.69) is 10.3 Å². The fourth-order valence-corrected chi connectivity index (χ4v) is 6.60. The van der Waals surface area contributed by atoms with Crippen LogP contribution >= 0.6 is 10.8 Å². The number of carbonyl (C=O) groups excluding carboxylic acids is 1. The van der Waals surface area contributed by atoms with Gasteiger partial charge in [-0.15, -0.1) is 15.9 Å². The molecule has 1 aromatic heterocycles. The minimum absolute atomic E-state index is 0.155. The number of aryl methyl sites for hydroxylation is 2. The van der Waals surface area contributed by atoms with E-state index in [4.69, 9.17) is 9.47 Å². The van der Waals surface area contributed by atoms with E-state index in [1.807, 2.05) is 63.4 Å². The van der Waals surface area contributed by atoms with Crippen molar-refractivity contribution < 1.29 is 23.4 Å². The highest BCUT2D eigenvalue weighted by Crippen LogP contribution is 2.57. The summed E-state index contributed by atoms with van der Waals surface area (Å²) in [6.07, 6.45) is -0.0823. The number of ether oxygens (including phenoxy) is 2. The number of benzene rings is 3. The molecule has 0 fully saturated rings. The second-order valence-corrected chi connectivity index (χ2v) is 11.7. The van der Waals surface area contributed by atoms with E-state index in [-0.39, 0.29) is 24.4 Å². The van der Waals surface area contributed by atoms with E-state index in [1.54, 1.807) is 27.2 Å². The first-order valence-electron chi connectivity index (χ1n) is 12.4. The standard InChI is InChI=1S/C28H32N4O5S/c1-18-9-10-20(23(15-28(33)36-4)21-11-12-25-24(14-21)29-30-31(25)3)13-22(18)17-32-16-19(2)37-26-7-5-6-8-27(26)38(32,34)35/h5-14,19,23,34-35H,15-17H2,1-4H3. The molecule has 4 aromatic rings. The Balaban J connectivity index is 1.52. The van der Waals surface area contributed by atoms with Crippen molar-refractivity contribution in [2.45, 2.75) is 43.7 Å². The van der Waals surface area contributed by atoms with Gasteiger partial charge in [0.1, 0.15) is 22.3 Å². The third-order valence-corrected chi connectivity index (χ3v) is 8.98. The first-order chi connectivity index (χ1) is 18.2. The highest BCUT2D eigenvalue weighted by molar-refractivity contribution is 8.22. The van der Waals surface area contributed by atoms with E-state index in [0.29, 0.717) is 23.7 Å². The van der Waals surface area contributed by atoms with Gasteiger partial charge in [-0.05, 0) is 60.4 Å². The van der Waals surface area contributed by atoms with E-state index >= 15 is 0 Å². The van der Waals surface area contributed by atoms with Crippen LogP contribution in [-0.4, -0.2) is 54.1 Å². The summed E-state index contributed by atoms with van der Waals surface area (Å²) in [5.41, 5.74) is 5.45. The van der Waals surface area contributed by atoms with E-state index in [9.17, 15) is 13.9 Å². The van der Waals surface area contributed by atoms with Crippen LogP contribution in [0.5, 0.6) is 5.75 Å². The van der Waals surface area contributed by atoms with E-state index < -0.39 is 10.8 Å². The van der Waals surface area contributed by atoms with E-state index in [1.165, 1.54) is 7.11 Å². The summed E-state index contributed by atoms with van der Waals surface area (Å²) in [5, 5.41) is 8.33. The van der Waals surface area contributed by atoms with Crippen molar-refractivity contribution in [1.82, 2.24) is 19.3 Å². The van der Waals surface area contributed by atoms with Gasteiger partial charge in [0.05, 0.1) is 25.6 Å². The molecule has 0 saturated carbocycles. The number of aromatic nitrogens is 3. The summed E-state index contributed by atoms with van der Waals surface area (Å²) in [6.45, 7) is 4.56. The summed E-state index contributed by atoms with van der Waals surface area (Å²) in [4.78, 5) is 12.8. The number of nitrogens with zero attached hydrogens (tertiary/aromatic N) is 4. The maximum atomic E-state index is 12.4. The lowest BCUT2D eigenvalue weighted by Gasteiger charge is -2.42. The van der Waals surface area contributed by atoms with Crippen LogP contribution in [0.15, 0.2) is 65.6 Å². The molecule has 3 aromatic carbocycles. The van der Waals surface area contributed by atoms with Crippen LogP contribution in [0.4, 0.5) is 0 Å². The lowest BCUT2D eigenvalue weighted by molar-refractivity contribution is -0.140. The zero-order valence-electron chi connectivity index (χ0n) is 21.9. The predicted octanol–water partition coefficient (Wildman–Crippen LogP) is 5.28. The van der Waals surface area contributed by atoms with Gasteiger partial charge in [-0.3, -0.25) is 13.9 Å². The third kappa shape index (κ3) is 5.00. The SMILES string of the molecule is COC(=O)CC(c1ccc(C)c(CN2CC(C)Oc3ccccc3S2(O)O)c1)c1ccc2c(c1)nnn2C. The Morgan fingerprint density at radius 1 is 1.16 bits per heavy atom. The summed E-state index contributed by atoms with van der Waals surface area (Å²) in [5.74, 6) is -0.105. The van der Waals surface area contributed by atoms with Gasteiger partial charge in [0.2, 0.25) is 0 Å². The van der Waals surface area contributed by atoms with Crippen LogP contribution in [-0.2, 0) is 23.1 Å². The van der Waals surface area contributed by atoms with Gasteiger partial charge >= 0.3 is 5.97 Å². The Kier molecular flexibility index (Phi) is 7.15. The average molecular weight is 537 g/mol. The molecule has 0 radical (unpaired) electrons. The Labute approximate surface area is 223 Å². The second-order valence-electron chi connectivity index (χ2n) is 9.70. The van der Waals surface area contributed by atoms with Crippen molar-refractivity contribution in [3.63, 3.8) is 0 Å². The number of rotatable bonds is 6. The summed E-state index contributed by atoms with van der Waals surface area (Å²) in [7, 11) is -0.0567. The van der Waals surface area contributed by atoms with Gasteiger partial charge in [0, 0.05) is 19.5 Å². The Hall–Kier alpha value is -3.44. The number of hydrogen-bond donors (Lipinski definition) is 2. The van der Waals surface area contributed by atoms with Crippen molar-refractivity contribution in [3.8, 4) is 5.75 Å². The zero-order chi connectivity index (χ0) is 27.0. The quantitative estimate of drug-likeness (QED) is 0.320. The van der Waals surface area contributed by atoms with Gasteiger partial charge in [-0.25, -0.2) is 4.68 Å². The molecule has 1 aliphatic heterocycles. The first kappa shape index (κ1) is 26.2. The largest absolute Gasteiger partial charge is 0.487 e. The molecular weight excluding hydrogens is 504 g/mol. The van der Waals surface area contributed by atoms with Gasteiger partial charge < -0.3 is 9.47 Å². The van der Waals surface area contributed by atoms with Crippen LogP contribution < -0.4 is 4.74 Å². The smallest absolute Gasteiger partial charge is 0.306 e. The minimum Gasteiger partial charge on any atom is -0.487 e. The van der Waals surface area contributed by atoms with Crippen molar-refractivity contribution in [1.29, 1.82) is 0 Å². The molecule has 0 aliphatic carbocycles. The summed E-state index contributed by atoms with van der Waals surface area (Å²) < 4.78 is 37.1. The van der Waals surface area contributed by atoms with Gasteiger partial charge in [-0.1, -0.05) is 41.6 Å². The molecule has 0 saturated heterocycles. The number of carbonyl (C=O) groups is 1. The minimum atomic E-state index is -3.28. The van der Waals surface area contributed by atoms with Crippen LogP contribution in [0.2, 0.25) is 0 Å². The average Bonchev–Trinajstić information content (AvgIpc) is 3.23. The van der Waals surface area contributed by atoms with Crippen molar-refractivity contribution >= 4 is 27.8 Å². The monoisotopic (exact) mass is 536 g/mol. The van der Waals surface area contributed by atoms with Crippen LogP contribution in [0, 0.1) is 6.92 Å². The van der Waals surface area contributed by atoms with Crippen molar-refractivity contribution in [2.75, 3.05) is 13.7 Å². The highest BCUT2D eigenvalue weighted by Gasteiger charge is 2.34. The molecule has 2 atom stereocenters. The third-order valence-electron chi connectivity index (χ3n) is 7.05. The van der Waals surface area contributed by atoms with Gasteiger partial charge in [-0.2, -0.15) is 4.31 Å². The molecular formula is C28H32N4O5S. The zero-order valence-corrected chi connectivity index (χ0v) is 22.7. The van der Waals surface area contributed by atoms with Gasteiger partial charge in [0.25, 0.3) is 0 Å². The molecule has 38 heavy (non-hydrogen) atoms. The Morgan fingerprint density at radius 2 is 1.89 bits per heavy atom. The lowest BCUT2D eigenvalue weighted by atomic mass is 9.86. The topological polar surface area (TPSA) is 110 Å². The summed E-state index contributed by atoms with van der Waals surface area (Å²) in [6, 6.07) is 19.0. The second kappa shape index (κ2) is 10.4. The molecule has 2 heterocycles. The van der Waals surface area contributed by atoms with E-state index in [0.717, 1.165) is 33.3 Å². The highest BCUT2D eigenvalue weighted by atomic mass is 32.3. The molecule has 10 heteroatoms. The molecule has 0 spiro atoms. The molecule has 5 rings (SSSR count). The normalized spacial score (nSPS) is 18.7. The molecule has 2 unspecified atom stereocenters. The lowest BCUT2D eigenvalue weighted by Crippen LogP contribution is -2.33. The van der Waals surface area contributed by atoms with Crippen molar-refractivity contribution in [2.24, 2.45) is 7.05 Å². The molecule has 9 nitrogen and oxygen atoms in total. The summed E-state index contributed by atoms with van der Waals surface area (Å²) >= 11 is 0. The van der Waals surface area contributed by atoms with Gasteiger partial charge in [0.15, 0.2) is 0 Å². The Bertz CT molecular complexity index is 1490. The van der Waals surface area contributed by atoms with Crippen LogP contribution in [0.25, 0.3) is 11.0 Å².